The van der Waals surface area contributed by atoms with Crippen LogP contribution in [0.25, 0.3) is 10.8 Å². The van der Waals surface area contributed by atoms with Crippen LogP contribution in [0.4, 0.5) is 5.95 Å². The number of hydrogen-bond donors (Lipinski definition) is 2. The summed E-state index contributed by atoms with van der Waals surface area (Å²) in [5.41, 5.74) is 0.320. The topological polar surface area (TPSA) is 81.6 Å². The van der Waals surface area contributed by atoms with Crippen molar-refractivity contribution in [2.24, 2.45) is 0 Å². The van der Waals surface area contributed by atoms with Crippen LogP contribution in [0.5, 0.6) is 5.75 Å². The molecule has 0 spiro atoms. The molecule has 29 heavy (non-hydrogen) atoms. The van der Waals surface area contributed by atoms with Gasteiger partial charge in [0.1, 0.15) is 5.75 Å². The Bertz CT molecular complexity index is 971. The SMILES string of the molecule is O=C(NCCCN1CCN(c2ncccn2)CC1)c1cc2ccccc2cc1O. The Morgan fingerprint density at radius 1 is 1.00 bits per heavy atom. The van der Waals surface area contributed by atoms with Gasteiger partial charge in [0, 0.05) is 45.1 Å². The highest BCUT2D eigenvalue weighted by Crippen LogP contribution is 2.24. The van der Waals surface area contributed by atoms with E-state index in [0.29, 0.717) is 12.1 Å². The number of hydrogen-bond acceptors (Lipinski definition) is 6. The second-order valence-electron chi connectivity index (χ2n) is 7.20. The van der Waals surface area contributed by atoms with E-state index >= 15 is 0 Å². The lowest BCUT2D eigenvalue weighted by Crippen LogP contribution is -2.47. The molecule has 2 aromatic carbocycles. The predicted molar refractivity (Wildman–Crippen MR) is 113 cm³/mol. The summed E-state index contributed by atoms with van der Waals surface area (Å²) in [6.07, 6.45) is 4.40. The number of benzene rings is 2. The van der Waals surface area contributed by atoms with Gasteiger partial charge in [-0.3, -0.25) is 9.69 Å². The Labute approximate surface area is 170 Å². The van der Waals surface area contributed by atoms with E-state index in [4.69, 9.17) is 0 Å². The van der Waals surface area contributed by atoms with Crippen molar-refractivity contribution in [2.75, 3.05) is 44.2 Å². The monoisotopic (exact) mass is 391 g/mol. The summed E-state index contributed by atoms with van der Waals surface area (Å²) in [6, 6.07) is 12.9. The maximum Gasteiger partial charge on any atom is 0.255 e. The Hall–Kier alpha value is -3.19. The smallest absolute Gasteiger partial charge is 0.255 e. The molecule has 0 unspecified atom stereocenters. The van der Waals surface area contributed by atoms with Gasteiger partial charge >= 0.3 is 0 Å². The molecule has 3 aromatic rings. The zero-order valence-electron chi connectivity index (χ0n) is 16.3. The number of phenols is 1. The second kappa shape index (κ2) is 8.87. The highest BCUT2D eigenvalue weighted by atomic mass is 16.3. The van der Waals surface area contributed by atoms with Crippen molar-refractivity contribution in [1.82, 2.24) is 20.2 Å². The third-order valence-electron chi connectivity index (χ3n) is 5.25. The number of piperazine rings is 1. The first-order valence-electron chi connectivity index (χ1n) is 9.95. The Balaban J connectivity index is 1.22. The van der Waals surface area contributed by atoms with Gasteiger partial charge in [-0.2, -0.15) is 0 Å². The van der Waals surface area contributed by atoms with Gasteiger partial charge in [0.05, 0.1) is 5.56 Å². The fraction of sp³-hybridized carbons (Fsp3) is 0.318. The third kappa shape index (κ3) is 4.63. The average Bonchev–Trinajstić information content (AvgIpc) is 2.77. The first kappa shape index (κ1) is 19.1. The highest BCUT2D eigenvalue weighted by Gasteiger charge is 2.18. The minimum Gasteiger partial charge on any atom is -0.507 e. The van der Waals surface area contributed by atoms with Gasteiger partial charge in [0.15, 0.2) is 0 Å². The van der Waals surface area contributed by atoms with Crippen molar-refractivity contribution < 1.29 is 9.90 Å². The molecule has 7 heteroatoms. The first-order valence-corrected chi connectivity index (χ1v) is 9.95. The van der Waals surface area contributed by atoms with Crippen LogP contribution in [0.3, 0.4) is 0 Å². The predicted octanol–water partition coefficient (Wildman–Crippen LogP) is 2.28. The van der Waals surface area contributed by atoms with E-state index in [-0.39, 0.29) is 11.7 Å². The normalized spacial score (nSPS) is 14.8. The summed E-state index contributed by atoms with van der Waals surface area (Å²) in [5, 5.41) is 15.0. The van der Waals surface area contributed by atoms with Crippen LogP contribution in [-0.2, 0) is 0 Å². The Morgan fingerprint density at radius 3 is 2.41 bits per heavy atom. The van der Waals surface area contributed by atoms with Gasteiger partial charge in [-0.05, 0) is 41.9 Å². The van der Waals surface area contributed by atoms with Crippen LogP contribution in [0.1, 0.15) is 16.8 Å². The lowest BCUT2D eigenvalue weighted by atomic mass is 10.1. The molecule has 1 fully saturated rings. The van der Waals surface area contributed by atoms with E-state index in [1.54, 1.807) is 24.5 Å². The fourth-order valence-electron chi connectivity index (χ4n) is 3.64. The van der Waals surface area contributed by atoms with Crippen LogP contribution in [0.2, 0.25) is 0 Å². The molecule has 0 atom stereocenters. The number of carbonyl (C=O) groups excluding carboxylic acids is 1. The van der Waals surface area contributed by atoms with Crippen LogP contribution in [-0.4, -0.2) is 65.2 Å². The lowest BCUT2D eigenvalue weighted by Gasteiger charge is -2.34. The quantitative estimate of drug-likeness (QED) is 0.628. The number of amides is 1. The first-order chi connectivity index (χ1) is 14.2. The summed E-state index contributed by atoms with van der Waals surface area (Å²) in [7, 11) is 0. The van der Waals surface area contributed by atoms with Crippen molar-refractivity contribution in [3.63, 3.8) is 0 Å². The maximum absolute atomic E-state index is 12.5. The van der Waals surface area contributed by atoms with E-state index in [2.05, 4.69) is 25.1 Å². The summed E-state index contributed by atoms with van der Waals surface area (Å²) >= 11 is 0. The molecule has 4 rings (SSSR count). The van der Waals surface area contributed by atoms with Gasteiger partial charge in [0.25, 0.3) is 5.91 Å². The molecule has 0 bridgehead atoms. The average molecular weight is 391 g/mol. The van der Waals surface area contributed by atoms with Crippen molar-refractivity contribution in [3.8, 4) is 5.75 Å². The van der Waals surface area contributed by atoms with E-state index < -0.39 is 0 Å². The number of phenolic OH excluding ortho intramolecular Hbond substituents is 1. The van der Waals surface area contributed by atoms with Crippen molar-refractivity contribution in [1.29, 1.82) is 0 Å². The number of rotatable bonds is 6. The zero-order chi connectivity index (χ0) is 20.1. The zero-order valence-corrected chi connectivity index (χ0v) is 16.3. The van der Waals surface area contributed by atoms with Crippen LogP contribution < -0.4 is 10.2 Å². The van der Waals surface area contributed by atoms with Crippen LogP contribution in [0, 0.1) is 0 Å². The summed E-state index contributed by atoms with van der Waals surface area (Å²) < 4.78 is 0. The number of anilines is 1. The molecule has 0 saturated carbocycles. The summed E-state index contributed by atoms with van der Waals surface area (Å²) in [4.78, 5) is 25.6. The minimum atomic E-state index is -0.237. The largest absolute Gasteiger partial charge is 0.507 e. The van der Waals surface area contributed by atoms with Gasteiger partial charge in [-0.1, -0.05) is 24.3 Å². The van der Waals surface area contributed by atoms with E-state index in [9.17, 15) is 9.90 Å². The number of aromatic hydroxyl groups is 1. The lowest BCUT2D eigenvalue weighted by molar-refractivity contribution is 0.0949. The number of carbonyl (C=O) groups is 1. The van der Waals surface area contributed by atoms with E-state index in [0.717, 1.165) is 55.9 Å². The van der Waals surface area contributed by atoms with Crippen molar-refractivity contribution in [3.05, 3.63) is 60.4 Å². The molecule has 1 amide bonds. The second-order valence-corrected chi connectivity index (χ2v) is 7.20. The highest BCUT2D eigenvalue weighted by molar-refractivity contribution is 6.01. The Kier molecular flexibility index (Phi) is 5.86. The molecule has 1 aromatic heterocycles. The van der Waals surface area contributed by atoms with Gasteiger partial charge < -0.3 is 15.3 Å². The molecule has 1 aliphatic heterocycles. The maximum atomic E-state index is 12.5. The van der Waals surface area contributed by atoms with Crippen LogP contribution >= 0.6 is 0 Å². The molecular formula is C22H25N5O2. The molecule has 1 aliphatic rings. The van der Waals surface area contributed by atoms with E-state index in [1.807, 2.05) is 30.3 Å². The van der Waals surface area contributed by atoms with Crippen LogP contribution in [0.15, 0.2) is 54.9 Å². The molecular weight excluding hydrogens is 366 g/mol. The number of aromatic nitrogens is 2. The Morgan fingerprint density at radius 2 is 1.69 bits per heavy atom. The third-order valence-corrected chi connectivity index (χ3v) is 5.25. The fourth-order valence-corrected chi connectivity index (χ4v) is 3.64. The molecule has 0 radical (unpaired) electrons. The number of nitrogens with one attached hydrogen (secondary N) is 1. The summed E-state index contributed by atoms with van der Waals surface area (Å²) in [6.45, 7) is 5.22. The molecule has 2 N–H and O–H groups in total. The van der Waals surface area contributed by atoms with Crippen molar-refractivity contribution >= 4 is 22.6 Å². The molecule has 2 heterocycles. The molecule has 0 aliphatic carbocycles. The summed E-state index contributed by atoms with van der Waals surface area (Å²) in [5.74, 6) is 0.564. The van der Waals surface area contributed by atoms with E-state index in [1.165, 1.54) is 0 Å². The van der Waals surface area contributed by atoms with Gasteiger partial charge in [0.2, 0.25) is 5.95 Å². The number of fused-ring (bicyclic) bond motifs is 1. The molecule has 1 saturated heterocycles. The van der Waals surface area contributed by atoms with Crippen molar-refractivity contribution in [2.45, 2.75) is 6.42 Å². The minimum absolute atomic E-state index is 0.0143. The molecule has 150 valence electrons. The molecule has 7 nitrogen and oxygen atoms in total. The van der Waals surface area contributed by atoms with Gasteiger partial charge in [-0.25, -0.2) is 9.97 Å². The van der Waals surface area contributed by atoms with Gasteiger partial charge in [-0.15, -0.1) is 0 Å². The standard InChI is InChI=1S/C22H25N5O2/c28-20-16-18-6-2-1-5-17(18)15-19(20)21(29)23-9-4-10-26-11-13-27(14-12-26)22-24-7-3-8-25-22/h1-3,5-8,15-16,28H,4,9-14H2,(H,23,29). The number of nitrogens with zero attached hydrogens (tertiary/aromatic N) is 4.